The lowest BCUT2D eigenvalue weighted by atomic mass is 10.4. The Kier molecular flexibility index (Phi) is 7.09. The maximum absolute atomic E-state index is 5.39. The SMILES string of the molecule is C=C(C)COCCC[Si](C)(OC)OC. The maximum Gasteiger partial charge on any atom is 0.334 e. The Morgan fingerprint density at radius 1 is 1.29 bits per heavy atom. The Balaban J connectivity index is 3.47. The molecule has 0 radical (unpaired) electrons. The molecule has 0 aromatic heterocycles. The predicted molar refractivity (Wildman–Crippen MR) is 60.7 cm³/mol. The van der Waals surface area contributed by atoms with Crippen LogP contribution in [0.2, 0.25) is 12.6 Å². The van der Waals surface area contributed by atoms with E-state index in [0.29, 0.717) is 6.61 Å². The van der Waals surface area contributed by atoms with Crippen molar-refractivity contribution in [3.63, 3.8) is 0 Å². The van der Waals surface area contributed by atoms with Crippen molar-refractivity contribution in [3.8, 4) is 0 Å². The van der Waals surface area contributed by atoms with E-state index in [2.05, 4.69) is 13.1 Å². The van der Waals surface area contributed by atoms with E-state index < -0.39 is 8.56 Å². The predicted octanol–water partition coefficient (Wildman–Crippen LogP) is 2.33. The molecular formula is C10H22O3Si. The Bertz CT molecular complexity index is 167. The van der Waals surface area contributed by atoms with Crippen LogP contribution in [0.25, 0.3) is 0 Å². The molecule has 0 bridgehead atoms. The van der Waals surface area contributed by atoms with E-state index in [0.717, 1.165) is 24.6 Å². The normalized spacial score (nSPS) is 11.7. The van der Waals surface area contributed by atoms with E-state index in [1.54, 1.807) is 14.2 Å². The number of rotatable bonds is 8. The van der Waals surface area contributed by atoms with Gasteiger partial charge in [-0.3, -0.25) is 0 Å². The van der Waals surface area contributed by atoms with Gasteiger partial charge in [-0.15, -0.1) is 0 Å². The summed E-state index contributed by atoms with van der Waals surface area (Å²) in [5.74, 6) is 0. The zero-order chi connectivity index (χ0) is 11.0. The second kappa shape index (κ2) is 7.17. The molecule has 0 aliphatic heterocycles. The van der Waals surface area contributed by atoms with Crippen LogP contribution in [0.3, 0.4) is 0 Å². The molecule has 0 aliphatic carbocycles. The molecule has 0 N–H and O–H groups in total. The fourth-order valence-corrected chi connectivity index (χ4v) is 2.39. The van der Waals surface area contributed by atoms with Crippen LogP contribution in [0.15, 0.2) is 12.2 Å². The molecule has 0 saturated carbocycles. The molecule has 0 amide bonds. The summed E-state index contributed by atoms with van der Waals surface area (Å²) in [7, 11) is 1.55. The molecule has 0 unspecified atom stereocenters. The van der Waals surface area contributed by atoms with Crippen LogP contribution in [0, 0.1) is 0 Å². The number of ether oxygens (including phenoxy) is 1. The summed E-state index contributed by atoms with van der Waals surface area (Å²) in [5, 5.41) is 0. The highest BCUT2D eigenvalue weighted by Gasteiger charge is 2.27. The zero-order valence-corrected chi connectivity index (χ0v) is 10.8. The highest BCUT2D eigenvalue weighted by Crippen LogP contribution is 2.13. The van der Waals surface area contributed by atoms with Crippen molar-refractivity contribution >= 4 is 8.56 Å². The van der Waals surface area contributed by atoms with Crippen molar-refractivity contribution in [1.29, 1.82) is 0 Å². The Labute approximate surface area is 88.3 Å². The lowest BCUT2D eigenvalue weighted by molar-refractivity contribution is 0.152. The fourth-order valence-electron chi connectivity index (χ4n) is 1.03. The van der Waals surface area contributed by atoms with Gasteiger partial charge in [-0.25, -0.2) is 0 Å². The van der Waals surface area contributed by atoms with Gasteiger partial charge in [-0.05, 0) is 25.9 Å². The molecule has 0 heterocycles. The molecule has 0 rings (SSSR count). The summed E-state index contributed by atoms with van der Waals surface area (Å²) in [5.41, 5.74) is 1.06. The van der Waals surface area contributed by atoms with Gasteiger partial charge in [0.2, 0.25) is 0 Å². The van der Waals surface area contributed by atoms with Crippen molar-refractivity contribution in [2.24, 2.45) is 0 Å². The van der Waals surface area contributed by atoms with Crippen LogP contribution in [0.4, 0.5) is 0 Å². The largest absolute Gasteiger partial charge is 0.398 e. The number of hydrogen-bond donors (Lipinski definition) is 0. The monoisotopic (exact) mass is 218 g/mol. The first-order chi connectivity index (χ1) is 6.54. The van der Waals surface area contributed by atoms with Gasteiger partial charge in [0.1, 0.15) is 0 Å². The third kappa shape index (κ3) is 6.31. The average Bonchev–Trinajstić information content (AvgIpc) is 2.16. The van der Waals surface area contributed by atoms with E-state index in [1.165, 1.54) is 0 Å². The zero-order valence-electron chi connectivity index (χ0n) is 9.76. The first kappa shape index (κ1) is 13.8. The first-order valence-corrected chi connectivity index (χ1v) is 7.39. The Morgan fingerprint density at radius 2 is 1.86 bits per heavy atom. The molecule has 0 fully saturated rings. The third-order valence-electron chi connectivity index (χ3n) is 2.13. The summed E-state index contributed by atoms with van der Waals surface area (Å²) < 4.78 is 16.1. The van der Waals surface area contributed by atoms with Gasteiger partial charge < -0.3 is 13.6 Å². The van der Waals surface area contributed by atoms with Gasteiger partial charge in [0.15, 0.2) is 0 Å². The molecule has 0 atom stereocenters. The Hall–Kier alpha value is -0.163. The molecule has 0 spiro atoms. The van der Waals surface area contributed by atoms with Crippen LogP contribution in [0.5, 0.6) is 0 Å². The standard InChI is InChI=1S/C10H22O3Si/c1-10(2)9-13-7-6-8-14(5,11-3)12-4/h1,6-9H2,2-5H3. The second-order valence-corrected chi connectivity index (χ2v) is 7.24. The quantitative estimate of drug-likeness (QED) is 0.355. The van der Waals surface area contributed by atoms with Crippen LogP contribution >= 0.6 is 0 Å². The molecule has 3 nitrogen and oxygen atoms in total. The summed E-state index contributed by atoms with van der Waals surface area (Å²) in [6.45, 7) is 9.19. The van der Waals surface area contributed by atoms with Crippen molar-refractivity contribution in [1.82, 2.24) is 0 Å². The molecule has 14 heavy (non-hydrogen) atoms. The van der Waals surface area contributed by atoms with Crippen molar-refractivity contribution in [2.75, 3.05) is 27.4 Å². The first-order valence-electron chi connectivity index (χ1n) is 4.86. The van der Waals surface area contributed by atoms with Crippen molar-refractivity contribution < 1.29 is 13.6 Å². The van der Waals surface area contributed by atoms with Crippen LogP contribution in [0.1, 0.15) is 13.3 Å². The third-order valence-corrected chi connectivity index (χ3v) is 5.12. The fraction of sp³-hybridized carbons (Fsp3) is 0.800. The van der Waals surface area contributed by atoms with E-state index in [9.17, 15) is 0 Å². The molecule has 0 aromatic carbocycles. The van der Waals surface area contributed by atoms with Gasteiger partial charge in [0.05, 0.1) is 6.61 Å². The van der Waals surface area contributed by atoms with Gasteiger partial charge in [0.25, 0.3) is 0 Å². The number of hydrogen-bond acceptors (Lipinski definition) is 3. The van der Waals surface area contributed by atoms with Gasteiger partial charge in [0, 0.05) is 20.8 Å². The Morgan fingerprint density at radius 3 is 2.29 bits per heavy atom. The summed E-state index contributed by atoms with van der Waals surface area (Å²) in [4.78, 5) is 0. The van der Waals surface area contributed by atoms with Gasteiger partial charge in [-0.2, -0.15) is 0 Å². The summed E-state index contributed by atoms with van der Waals surface area (Å²) in [6, 6.07) is 0.968. The van der Waals surface area contributed by atoms with E-state index in [-0.39, 0.29) is 0 Å². The van der Waals surface area contributed by atoms with Gasteiger partial charge >= 0.3 is 8.56 Å². The molecule has 0 saturated heterocycles. The van der Waals surface area contributed by atoms with Gasteiger partial charge in [-0.1, -0.05) is 12.2 Å². The van der Waals surface area contributed by atoms with Crippen molar-refractivity contribution in [2.45, 2.75) is 25.9 Å². The summed E-state index contributed by atoms with van der Waals surface area (Å²) in [6.07, 6.45) is 0.984. The molecular weight excluding hydrogens is 196 g/mol. The van der Waals surface area contributed by atoms with Crippen molar-refractivity contribution in [3.05, 3.63) is 12.2 Å². The van der Waals surface area contributed by atoms with E-state index in [4.69, 9.17) is 13.6 Å². The van der Waals surface area contributed by atoms with Crippen LogP contribution in [-0.4, -0.2) is 36.0 Å². The minimum Gasteiger partial charge on any atom is -0.398 e. The summed E-state index contributed by atoms with van der Waals surface area (Å²) >= 11 is 0. The lowest BCUT2D eigenvalue weighted by Crippen LogP contribution is -2.36. The lowest BCUT2D eigenvalue weighted by Gasteiger charge is -2.22. The topological polar surface area (TPSA) is 27.7 Å². The molecule has 0 aromatic rings. The minimum atomic E-state index is -1.88. The average molecular weight is 218 g/mol. The van der Waals surface area contributed by atoms with E-state index in [1.807, 2.05) is 6.92 Å². The van der Waals surface area contributed by atoms with E-state index >= 15 is 0 Å². The second-order valence-electron chi connectivity index (χ2n) is 3.66. The molecule has 4 heteroatoms. The van der Waals surface area contributed by atoms with Crippen LogP contribution < -0.4 is 0 Å². The van der Waals surface area contributed by atoms with Crippen LogP contribution in [-0.2, 0) is 13.6 Å². The maximum atomic E-state index is 5.39. The highest BCUT2D eigenvalue weighted by molar-refractivity contribution is 6.65. The minimum absolute atomic E-state index is 0.651. The smallest absolute Gasteiger partial charge is 0.334 e. The highest BCUT2D eigenvalue weighted by atomic mass is 28.4. The molecule has 0 aliphatic rings. The molecule has 84 valence electrons.